The van der Waals surface area contributed by atoms with Gasteiger partial charge < -0.3 is 14.4 Å². The number of nitrogens with zero attached hydrogens (tertiary/aromatic N) is 4. The van der Waals surface area contributed by atoms with Gasteiger partial charge in [0, 0.05) is 23.5 Å². The number of carbonyl (C=O) groups is 1. The van der Waals surface area contributed by atoms with Crippen LogP contribution in [-0.2, 0) is 11.3 Å². The quantitative estimate of drug-likeness (QED) is 0.665. The van der Waals surface area contributed by atoms with E-state index in [-0.39, 0.29) is 37.0 Å². The van der Waals surface area contributed by atoms with Crippen LogP contribution >= 0.6 is 0 Å². The van der Waals surface area contributed by atoms with Crippen molar-refractivity contribution in [1.29, 1.82) is 0 Å². The number of amides is 1. The number of hydrogen-bond donors (Lipinski definition) is 0. The van der Waals surface area contributed by atoms with Crippen LogP contribution in [0.25, 0.3) is 16.6 Å². The Balaban J connectivity index is 1.60. The van der Waals surface area contributed by atoms with E-state index >= 15 is 0 Å². The van der Waals surface area contributed by atoms with E-state index < -0.39 is 0 Å². The normalized spacial score (nSPS) is 21.3. The van der Waals surface area contributed by atoms with E-state index in [1.54, 1.807) is 10.5 Å². The Hall–Kier alpha value is -3.03. The van der Waals surface area contributed by atoms with Crippen molar-refractivity contribution in [1.82, 2.24) is 19.1 Å². The predicted octanol–water partition coefficient (Wildman–Crippen LogP) is 2.48. The fourth-order valence-electron chi connectivity index (χ4n) is 4.66. The minimum atomic E-state index is -0.321. The third-order valence-corrected chi connectivity index (χ3v) is 6.09. The fraction of sp³-hybridized carbons (Fsp3) is 0.476. The largest absolute Gasteiger partial charge is 0.454 e. The minimum Gasteiger partial charge on any atom is -0.454 e. The molecule has 2 aliphatic heterocycles. The van der Waals surface area contributed by atoms with Crippen LogP contribution in [0.5, 0.6) is 11.5 Å². The Bertz CT molecular complexity index is 1190. The number of rotatable bonds is 2. The van der Waals surface area contributed by atoms with E-state index in [1.807, 2.05) is 24.0 Å². The molecule has 1 amide bonds. The summed E-state index contributed by atoms with van der Waals surface area (Å²) < 4.78 is 13.8. The van der Waals surface area contributed by atoms with Gasteiger partial charge in [0.1, 0.15) is 6.54 Å². The summed E-state index contributed by atoms with van der Waals surface area (Å²) in [6.45, 7) is 6.16. The van der Waals surface area contributed by atoms with Gasteiger partial charge in [-0.05, 0) is 57.7 Å². The lowest BCUT2D eigenvalue weighted by Gasteiger charge is -2.39. The average molecular weight is 396 g/mol. The molecular formula is C21H24N4O4. The van der Waals surface area contributed by atoms with Crippen molar-refractivity contribution < 1.29 is 14.3 Å². The predicted molar refractivity (Wildman–Crippen MR) is 107 cm³/mol. The van der Waals surface area contributed by atoms with E-state index in [2.05, 4.69) is 18.9 Å². The second-order valence-electron chi connectivity index (χ2n) is 8.12. The summed E-state index contributed by atoms with van der Waals surface area (Å²) in [6.07, 6.45) is 3.11. The van der Waals surface area contributed by atoms with Gasteiger partial charge in [-0.2, -0.15) is 0 Å². The van der Waals surface area contributed by atoms with Crippen LogP contribution < -0.4 is 15.2 Å². The lowest BCUT2D eigenvalue weighted by atomic mass is 9.97. The zero-order valence-corrected chi connectivity index (χ0v) is 16.8. The monoisotopic (exact) mass is 396 g/mol. The van der Waals surface area contributed by atoms with Crippen LogP contribution in [-0.4, -0.2) is 43.9 Å². The topological polar surface area (TPSA) is 78.1 Å². The van der Waals surface area contributed by atoms with Gasteiger partial charge in [0.25, 0.3) is 0 Å². The van der Waals surface area contributed by atoms with Crippen molar-refractivity contribution in [3.05, 3.63) is 34.2 Å². The first kappa shape index (κ1) is 18.0. The van der Waals surface area contributed by atoms with Crippen molar-refractivity contribution in [3.8, 4) is 11.5 Å². The molecule has 8 heteroatoms. The van der Waals surface area contributed by atoms with Gasteiger partial charge in [0.15, 0.2) is 17.1 Å². The van der Waals surface area contributed by atoms with E-state index in [9.17, 15) is 9.59 Å². The molecule has 29 heavy (non-hydrogen) atoms. The Morgan fingerprint density at radius 1 is 1.14 bits per heavy atom. The highest BCUT2D eigenvalue weighted by atomic mass is 16.7. The smallest absolute Gasteiger partial charge is 0.351 e. The number of likely N-dealkylation sites (tertiary alicyclic amines) is 1. The molecule has 2 atom stereocenters. The van der Waals surface area contributed by atoms with Crippen LogP contribution in [0.4, 0.5) is 0 Å². The molecule has 1 fully saturated rings. The SMILES string of the molecule is Cc1cc2cc3c(cc2n2c(=O)n(CC(=O)N4[C@H](C)CCC[C@H]4C)nc12)OCO3. The molecule has 152 valence electrons. The molecule has 2 aromatic heterocycles. The number of aromatic nitrogens is 3. The van der Waals surface area contributed by atoms with E-state index in [4.69, 9.17) is 9.47 Å². The summed E-state index contributed by atoms with van der Waals surface area (Å²) in [4.78, 5) is 28.1. The number of ether oxygens (including phenoxy) is 2. The van der Waals surface area contributed by atoms with Gasteiger partial charge in [-0.15, -0.1) is 5.10 Å². The highest BCUT2D eigenvalue weighted by molar-refractivity contribution is 5.87. The third-order valence-electron chi connectivity index (χ3n) is 6.09. The first-order valence-corrected chi connectivity index (χ1v) is 10.1. The third kappa shape index (κ3) is 2.77. The van der Waals surface area contributed by atoms with Crippen LogP contribution in [0.2, 0.25) is 0 Å². The number of benzene rings is 1. The maximum atomic E-state index is 13.2. The molecule has 0 spiro atoms. The highest BCUT2D eigenvalue weighted by Crippen LogP contribution is 2.36. The standard InChI is InChI=1S/C21H24N4O4/c1-12-7-15-8-17-18(29-11-28-17)9-16(15)25-20(12)22-23(21(25)27)10-19(26)24-13(2)5-4-6-14(24)3/h7-9,13-14H,4-6,10-11H2,1-3H3/t13-,14-/m1/s1. The van der Waals surface area contributed by atoms with Crippen molar-refractivity contribution in [3.63, 3.8) is 0 Å². The van der Waals surface area contributed by atoms with Gasteiger partial charge in [0.05, 0.1) is 5.52 Å². The summed E-state index contributed by atoms with van der Waals surface area (Å²) >= 11 is 0. The van der Waals surface area contributed by atoms with Gasteiger partial charge >= 0.3 is 5.69 Å². The van der Waals surface area contributed by atoms with Crippen LogP contribution in [0.1, 0.15) is 38.7 Å². The Kier molecular flexibility index (Phi) is 4.04. The molecule has 8 nitrogen and oxygen atoms in total. The second-order valence-corrected chi connectivity index (χ2v) is 8.12. The molecule has 0 radical (unpaired) electrons. The average Bonchev–Trinajstić information content (AvgIpc) is 3.25. The number of carbonyl (C=O) groups excluding carboxylic acids is 1. The summed E-state index contributed by atoms with van der Waals surface area (Å²) in [5.41, 5.74) is 1.78. The molecule has 0 unspecified atom stereocenters. The van der Waals surface area contributed by atoms with Crippen molar-refractivity contribution in [2.45, 2.75) is 58.7 Å². The van der Waals surface area contributed by atoms with Gasteiger partial charge in [0.2, 0.25) is 12.7 Å². The lowest BCUT2D eigenvalue weighted by molar-refractivity contribution is -0.138. The molecule has 0 N–H and O–H groups in total. The molecule has 0 saturated carbocycles. The Morgan fingerprint density at radius 2 is 1.83 bits per heavy atom. The van der Waals surface area contributed by atoms with Crippen molar-refractivity contribution in [2.24, 2.45) is 0 Å². The summed E-state index contributed by atoms with van der Waals surface area (Å²) in [6, 6.07) is 6.01. The molecule has 2 aliphatic rings. The molecular weight excluding hydrogens is 372 g/mol. The maximum Gasteiger partial charge on any atom is 0.351 e. The summed E-state index contributed by atoms with van der Waals surface area (Å²) in [5.74, 6) is 1.21. The molecule has 1 saturated heterocycles. The number of fused-ring (bicyclic) bond motifs is 4. The van der Waals surface area contributed by atoms with Crippen LogP contribution in [0.3, 0.4) is 0 Å². The second kappa shape index (κ2) is 6.50. The Labute approximate surface area is 167 Å². The molecule has 4 heterocycles. The van der Waals surface area contributed by atoms with Crippen LogP contribution in [0, 0.1) is 6.92 Å². The van der Waals surface area contributed by atoms with Crippen LogP contribution in [0.15, 0.2) is 23.0 Å². The molecule has 5 rings (SSSR count). The van der Waals surface area contributed by atoms with Gasteiger partial charge in [-0.3, -0.25) is 4.79 Å². The van der Waals surface area contributed by atoms with E-state index in [0.717, 1.165) is 30.2 Å². The summed E-state index contributed by atoms with van der Waals surface area (Å²) in [5, 5.41) is 5.35. The van der Waals surface area contributed by atoms with Gasteiger partial charge in [-0.25, -0.2) is 13.9 Å². The molecule has 1 aromatic carbocycles. The molecule has 0 aliphatic carbocycles. The first-order chi connectivity index (χ1) is 13.9. The first-order valence-electron chi connectivity index (χ1n) is 10.1. The maximum absolute atomic E-state index is 13.2. The number of pyridine rings is 1. The van der Waals surface area contributed by atoms with Gasteiger partial charge in [-0.1, -0.05) is 0 Å². The summed E-state index contributed by atoms with van der Waals surface area (Å²) in [7, 11) is 0. The van der Waals surface area contributed by atoms with E-state index in [0.29, 0.717) is 22.7 Å². The molecule has 0 bridgehead atoms. The lowest BCUT2D eigenvalue weighted by Crippen LogP contribution is -2.49. The fourth-order valence-corrected chi connectivity index (χ4v) is 4.66. The number of aryl methyl sites for hydroxylation is 1. The number of piperidine rings is 1. The minimum absolute atomic E-state index is 0.0549. The Morgan fingerprint density at radius 3 is 2.55 bits per heavy atom. The number of hydrogen-bond acceptors (Lipinski definition) is 5. The molecule has 3 aromatic rings. The zero-order valence-electron chi connectivity index (χ0n) is 16.8. The highest BCUT2D eigenvalue weighted by Gasteiger charge is 2.30. The van der Waals surface area contributed by atoms with Crippen molar-refractivity contribution in [2.75, 3.05) is 6.79 Å². The van der Waals surface area contributed by atoms with E-state index in [1.165, 1.54) is 4.68 Å². The van der Waals surface area contributed by atoms with Crippen molar-refractivity contribution >= 4 is 22.5 Å². The zero-order chi connectivity index (χ0) is 20.3.